The fourth-order valence-electron chi connectivity index (χ4n) is 3.41. The number of methoxy groups -OCH3 is 1. The Morgan fingerprint density at radius 2 is 1.94 bits per heavy atom. The summed E-state index contributed by atoms with van der Waals surface area (Å²) in [7, 11) is 1.60. The van der Waals surface area contributed by atoms with Gasteiger partial charge in [0.2, 0.25) is 5.91 Å². The van der Waals surface area contributed by atoms with Gasteiger partial charge in [0.15, 0.2) is 5.82 Å². The molecule has 1 heterocycles. The van der Waals surface area contributed by atoms with Gasteiger partial charge in [-0.25, -0.2) is 4.39 Å². The molecule has 0 spiro atoms. The first-order chi connectivity index (χ1) is 17.0. The number of hydrogen-bond acceptors (Lipinski definition) is 4. The number of ether oxygens (including phenoxy) is 2. The van der Waals surface area contributed by atoms with Crippen LogP contribution in [0, 0.1) is 5.82 Å². The number of carbonyl (C=O) groups excluding carboxylic acids is 1. The van der Waals surface area contributed by atoms with Crippen LogP contribution in [0.1, 0.15) is 16.7 Å². The van der Waals surface area contributed by atoms with E-state index in [1.807, 2.05) is 48.5 Å². The van der Waals surface area contributed by atoms with Crippen molar-refractivity contribution in [3.63, 3.8) is 0 Å². The Morgan fingerprint density at radius 1 is 1.11 bits per heavy atom. The average molecular weight is 492 g/mol. The lowest BCUT2D eigenvalue weighted by molar-refractivity contribution is -0.111. The molecule has 0 atom stereocenters. The summed E-state index contributed by atoms with van der Waals surface area (Å²) >= 11 is 6.22. The van der Waals surface area contributed by atoms with E-state index in [2.05, 4.69) is 10.4 Å². The smallest absolute Gasteiger partial charge is 0.249 e. The Kier molecular flexibility index (Phi) is 7.80. The van der Waals surface area contributed by atoms with Gasteiger partial charge in [-0.2, -0.15) is 5.10 Å². The van der Waals surface area contributed by atoms with Gasteiger partial charge in [0.25, 0.3) is 0 Å². The van der Waals surface area contributed by atoms with Crippen LogP contribution >= 0.6 is 11.6 Å². The van der Waals surface area contributed by atoms with E-state index in [0.29, 0.717) is 18.9 Å². The second kappa shape index (κ2) is 11.4. The molecule has 4 aromatic rings. The zero-order valence-corrected chi connectivity index (χ0v) is 19.7. The van der Waals surface area contributed by atoms with Crippen molar-refractivity contribution in [3.05, 3.63) is 113 Å². The van der Waals surface area contributed by atoms with Crippen molar-refractivity contribution in [2.24, 2.45) is 0 Å². The number of amides is 1. The van der Waals surface area contributed by atoms with Gasteiger partial charge < -0.3 is 14.8 Å². The number of benzene rings is 3. The second-order valence-electron chi connectivity index (χ2n) is 7.65. The summed E-state index contributed by atoms with van der Waals surface area (Å²) in [6.45, 7) is 0.641. The summed E-state index contributed by atoms with van der Waals surface area (Å²) in [5, 5.41) is 7.24. The van der Waals surface area contributed by atoms with Gasteiger partial charge >= 0.3 is 0 Å². The topological polar surface area (TPSA) is 65.4 Å². The number of nitrogens with one attached hydrogen (secondary N) is 1. The first-order valence-corrected chi connectivity index (χ1v) is 11.2. The minimum atomic E-state index is -0.388. The molecule has 3 aromatic carbocycles. The molecule has 6 nitrogen and oxygen atoms in total. The molecule has 0 aliphatic rings. The summed E-state index contributed by atoms with van der Waals surface area (Å²) in [6.07, 6.45) is 4.65. The van der Waals surface area contributed by atoms with E-state index in [-0.39, 0.29) is 22.6 Å². The van der Waals surface area contributed by atoms with E-state index in [4.69, 9.17) is 21.1 Å². The van der Waals surface area contributed by atoms with Gasteiger partial charge in [0.05, 0.1) is 13.7 Å². The number of nitrogens with zero attached hydrogens (tertiary/aromatic N) is 2. The molecule has 0 bridgehead atoms. The molecule has 0 saturated carbocycles. The van der Waals surface area contributed by atoms with E-state index < -0.39 is 0 Å². The maximum Gasteiger partial charge on any atom is 0.249 e. The molecule has 178 valence electrons. The molecule has 4 rings (SSSR count). The molecule has 0 aliphatic carbocycles. The minimum absolute atomic E-state index is 0.226. The first kappa shape index (κ1) is 24.0. The number of hydrogen-bond donors (Lipinski definition) is 1. The van der Waals surface area contributed by atoms with Crippen LogP contribution in [0.15, 0.2) is 85.1 Å². The van der Waals surface area contributed by atoms with Crippen LogP contribution in [0.25, 0.3) is 6.08 Å². The van der Waals surface area contributed by atoms with Gasteiger partial charge in [-0.3, -0.25) is 9.48 Å². The number of rotatable bonds is 9. The molecule has 1 aromatic heterocycles. The van der Waals surface area contributed by atoms with Crippen LogP contribution in [0.3, 0.4) is 0 Å². The lowest BCUT2D eigenvalue weighted by Crippen LogP contribution is -2.09. The Morgan fingerprint density at radius 3 is 2.71 bits per heavy atom. The van der Waals surface area contributed by atoms with Crippen molar-refractivity contribution in [2.45, 2.75) is 13.2 Å². The maximum absolute atomic E-state index is 13.4. The Hall–Kier alpha value is -4.10. The largest absolute Gasteiger partial charge is 0.496 e. The fraction of sp³-hybridized carbons (Fsp3) is 0.111. The van der Waals surface area contributed by atoms with Gasteiger partial charge in [-0.15, -0.1) is 0 Å². The lowest BCUT2D eigenvalue weighted by Gasteiger charge is -2.11. The molecular formula is C27H23ClFN3O3. The van der Waals surface area contributed by atoms with Gasteiger partial charge in [0.1, 0.15) is 28.9 Å². The number of halogens is 2. The number of aromatic nitrogens is 2. The SMILES string of the molecule is COc1ccc(/C=C/C(=O)Nc2nn(Cc3cccc(F)c3)cc2Cl)cc1COc1ccccc1. The Labute approximate surface area is 207 Å². The highest BCUT2D eigenvalue weighted by molar-refractivity contribution is 6.33. The van der Waals surface area contributed by atoms with Crippen molar-refractivity contribution in [2.75, 3.05) is 12.4 Å². The summed E-state index contributed by atoms with van der Waals surface area (Å²) in [6, 6.07) is 21.3. The van der Waals surface area contributed by atoms with E-state index >= 15 is 0 Å². The first-order valence-electron chi connectivity index (χ1n) is 10.8. The van der Waals surface area contributed by atoms with E-state index in [0.717, 1.165) is 22.4 Å². The highest BCUT2D eigenvalue weighted by Crippen LogP contribution is 2.23. The normalized spacial score (nSPS) is 10.9. The predicted molar refractivity (Wildman–Crippen MR) is 134 cm³/mol. The minimum Gasteiger partial charge on any atom is -0.496 e. The Balaban J connectivity index is 1.40. The molecule has 35 heavy (non-hydrogen) atoms. The van der Waals surface area contributed by atoms with Crippen molar-refractivity contribution in [1.82, 2.24) is 9.78 Å². The van der Waals surface area contributed by atoms with E-state index in [1.54, 1.807) is 36.2 Å². The zero-order chi connectivity index (χ0) is 24.6. The van der Waals surface area contributed by atoms with Crippen molar-refractivity contribution >= 4 is 29.4 Å². The van der Waals surface area contributed by atoms with Gasteiger partial charge in [-0.1, -0.05) is 48.0 Å². The molecule has 0 aliphatic heterocycles. The molecule has 8 heteroatoms. The summed E-state index contributed by atoms with van der Waals surface area (Å²) in [5.41, 5.74) is 2.38. The zero-order valence-electron chi connectivity index (χ0n) is 18.9. The number of anilines is 1. The molecular weight excluding hydrogens is 469 g/mol. The van der Waals surface area contributed by atoms with E-state index in [9.17, 15) is 9.18 Å². The third kappa shape index (κ3) is 6.71. The van der Waals surface area contributed by atoms with Crippen LogP contribution in [-0.2, 0) is 17.9 Å². The van der Waals surface area contributed by atoms with E-state index in [1.165, 1.54) is 18.2 Å². The van der Waals surface area contributed by atoms with Crippen molar-refractivity contribution < 1.29 is 18.7 Å². The highest BCUT2D eigenvalue weighted by atomic mass is 35.5. The molecule has 0 radical (unpaired) electrons. The molecule has 0 fully saturated rings. The standard InChI is InChI=1S/C27H23ClFN3O3/c1-34-25-12-10-19(14-21(25)18-35-23-8-3-2-4-9-23)11-13-26(33)30-27-24(28)17-32(31-27)16-20-6-5-7-22(29)15-20/h2-15,17H,16,18H2,1H3,(H,30,31,33)/b13-11+. The van der Waals surface area contributed by atoms with Crippen LogP contribution in [0.2, 0.25) is 5.02 Å². The molecule has 0 saturated heterocycles. The molecule has 0 unspecified atom stereocenters. The third-order valence-corrected chi connectivity index (χ3v) is 5.34. The monoisotopic (exact) mass is 491 g/mol. The summed E-state index contributed by atoms with van der Waals surface area (Å²) in [4.78, 5) is 12.5. The number of para-hydroxylation sites is 1. The maximum atomic E-state index is 13.4. The van der Waals surface area contributed by atoms with Crippen LogP contribution in [0.4, 0.5) is 10.2 Å². The Bertz CT molecular complexity index is 1340. The van der Waals surface area contributed by atoms with Crippen molar-refractivity contribution in [3.8, 4) is 11.5 Å². The average Bonchev–Trinajstić information content (AvgIpc) is 3.20. The van der Waals surface area contributed by atoms with Crippen LogP contribution < -0.4 is 14.8 Å². The molecule has 1 amide bonds. The summed E-state index contributed by atoms with van der Waals surface area (Å²) < 4.78 is 26.2. The highest BCUT2D eigenvalue weighted by Gasteiger charge is 2.10. The van der Waals surface area contributed by atoms with Gasteiger partial charge in [-0.05, 0) is 53.6 Å². The van der Waals surface area contributed by atoms with Crippen LogP contribution in [0.5, 0.6) is 11.5 Å². The predicted octanol–water partition coefficient (Wildman–Crippen LogP) is 5.96. The summed E-state index contributed by atoms with van der Waals surface area (Å²) in [5.74, 6) is 0.958. The van der Waals surface area contributed by atoms with Crippen molar-refractivity contribution in [1.29, 1.82) is 0 Å². The second-order valence-corrected chi connectivity index (χ2v) is 8.06. The fourth-order valence-corrected chi connectivity index (χ4v) is 3.61. The third-order valence-electron chi connectivity index (χ3n) is 5.06. The van der Waals surface area contributed by atoms with Crippen LogP contribution in [-0.4, -0.2) is 22.8 Å². The quantitative estimate of drug-likeness (QED) is 0.293. The number of carbonyl (C=O) groups is 1. The lowest BCUT2D eigenvalue weighted by atomic mass is 10.1. The van der Waals surface area contributed by atoms with Gasteiger partial charge in [0, 0.05) is 17.8 Å². The molecule has 1 N–H and O–H groups in total.